The summed E-state index contributed by atoms with van der Waals surface area (Å²) in [6.45, 7) is 1.64. The number of hydrogen-bond acceptors (Lipinski definition) is 8. The van der Waals surface area contributed by atoms with Crippen molar-refractivity contribution in [3.63, 3.8) is 0 Å². The molecule has 0 bridgehead atoms. The maximum absolute atomic E-state index is 12.5. The summed E-state index contributed by atoms with van der Waals surface area (Å²) in [6, 6.07) is 4.32. The quantitative estimate of drug-likeness (QED) is 0.457. The van der Waals surface area contributed by atoms with Crippen molar-refractivity contribution in [2.24, 2.45) is 0 Å². The maximum Gasteiger partial charge on any atom is 0.224 e. The van der Waals surface area contributed by atoms with Crippen LogP contribution in [0, 0.1) is 0 Å². The number of nitrogens with zero attached hydrogens (tertiary/aromatic N) is 2. The SMILES string of the molecule is CCC[C@H]([C@H](c1ccccc1)N(S(C)(=O)=O)S(C)(=O)=O)N(S(C)(=O)=O)S(C)(=O)=O. The Labute approximate surface area is 173 Å². The molecule has 14 heteroatoms. The van der Waals surface area contributed by atoms with Gasteiger partial charge < -0.3 is 0 Å². The van der Waals surface area contributed by atoms with E-state index in [1.165, 1.54) is 24.3 Å². The molecule has 1 rings (SSSR count). The van der Waals surface area contributed by atoms with Crippen LogP contribution in [0.4, 0.5) is 0 Å². The monoisotopic (exact) mass is 490 g/mol. The van der Waals surface area contributed by atoms with E-state index in [0.29, 0.717) is 25.0 Å². The van der Waals surface area contributed by atoms with Crippen molar-refractivity contribution < 1.29 is 33.7 Å². The fourth-order valence-electron chi connectivity index (χ4n) is 3.21. The number of hydrogen-bond donors (Lipinski definition) is 0. The first kappa shape index (κ1) is 26.0. The van der Waals surface area contributed by atoms with Crippen molar-refractivity contribution in [1.82, 2.24) is 7.42 Å². The van der Waals surface area contributed by atoms with E-state index in [2.05, 4.69) is 0 Å². The lowest BCUT2D eigenvalue weighted by Gasteiger charge is -2.38. The molecule has 0 saturated heterocycles. The van der Waals surface area contributed by atoms with Crippen LogP contribution in [-0.2, 0) is 40.1 Å². The number of benzene rings is 1. The van der Waals surface area contributed by atoms with Crippen LogP contribution in [0.5, 0.6) is 0 Å². The molecule has 168 valence electrons. The molecule has 1 aromatic carbocycles. The molecule has 0 saturated carbocycles. The molecule has 0 aromatic heterocycles. The van der Waals surface area contributed by atoms with Crippen molar-refractivity contribution in [3.05, 3.63) is 35.9 Å². The van der Waals surface area contributed by atoms with Gasteiger partial charge in [0.1, 0.15) is 0 Å². The van der Waals surface area contributed by atoms with Gasteiger partial charge in [-0.1, -0.05) is 51.1 Å². The van der Waals surface area contributed by atoms with Gasteiger partial charge in [0.25, 0.3) is 0 Å². The van der Waals surface area contributed by atoms with Crippen LogP contribution in [0.1, 0.15) is 31.4 Å². The minimum Gasteiger partial charge on any atom is -0.212 e. The lowest BCUT2D eigenvalue weighted by atomic mass is 9.97. The van der Waals surface area contributed by atoms with Crippen molar-refractivity contribution >= 4 is 40.1 Å². The lowest BCUT2D eigenvalue weighted by Crippen LogP contribution is -2.53. The summed E-state index contributed by atoms with van der Waals surface area (Å²) in [5.41, 5.74) is 0.138. The molecule has 1 aromatic rings. The molecule has 0 N–H and O–H groups in total. The van der Waals surface area contributed by atoms with Crippen LogP contribution in [0.15, 0.2) is 30.3 Å². The fraction of sp³-hybridized carbons (Fsp3) is 0.600. The minimum atomic E-state index is -4.43. The van der Waals surface area contributed by atoms with Crippen LogP contribution in [-0.4, -0.2) is 72.2 Å². The summed E-state index contributed by atoms with van der Waals surface area (Å²) in [5.74, 6) is 0. The van der Waals surface area contributed by atoms with Crippen molar-refractivity contribution in [3.8, 4) is 0 Å². The Hall–Kier alpha value is -1.06. The first-order valence-corrected chi connectivity index (χ1v) is 15.8. The second-order valence-electron chi connectivity index (χ2n) is 6.71. The zero-order valence-electron chi connectivity index (χ0n) is 16.7. The summed E-state index contributed by atoms with van der Waals surface area (Å²) in [4.78, 5) is 0. The smallest absolute Gasteiger partial charge is 0.212 e. The zero-order valence-corrected chi connectivity index (χ0v) is 20.0. The van der Waals surface area contributed by atoms with E-state index in [9.17, 15) is 33.7 Å². The van der Waals surface area contributed by atoms with Crippen LogP contribution in [0.2, 0.25) is 0 Å². The lowest BCUT2D eigenvalue weighted by molar-refractivity contribution is 0.284. The van der Waals surface area contributed by atoms with Gasteiger partial charge >= 0.3 is 0 Å². The zero-order chi connectivity index (χ0) is 22.8. The first-order valence-electron chi connectivity index (χ1n) is 8.36. The van der Waals surface area contributed by atoms with E-state index < -0.39 is 52.2 Å². The molecule has 0 heterocycles. The predicted molar refractivity (Wildman–Crippen MR) is 111 cm³/mol. The van der Waals surface area contributed by atoms with Crippen LogP contribution < -0.4 is 0 Å². The summed E-state index contributed by atoms with van der Waals surface area (Å²) in [6.07, 6.45) is 2.82. The number of rotatable bonds is 10. The summed E-state index contributed by atoms with van der Waals surface area (Å²) < 4.78 is 99.7. The number of sulfonamides is 4. The van der Waals surface area contributed by atoms with Crippen LogP contribution in [0.25, 0.3) is 0 Å². The van der Waals surface area contributed by atoms with Crippen molar-refractivity contribution in [2.75, 3.05) is 25.0 Å². The summed E-state index contributed by atoms with van der Waals surface area (Å²) in [7, 11) is -17.6. The van der Waals surface area contributed by atoms with Gasteiger partial charge in [-0.3, -0.25) is 0 Å². The standard InChI is InChI=1S/C15H26N2O8S4/c1-6-10-14(16(26(2,18)19)27(3,20)21)15(13-11-8-7-9-12-13)17(28(4,22)23)29(5,24)25/h7-9,11-12,14-15H,6,10H2,1-5H3/t14-,15+/m1/s1. The molecule has 0 aliphatic carbocycles. The average molecular weight is 491 g/mol. The molecule has 0 radical (unpaired) electrons. The molecule has 10 nitrogen and oxygen atoms in total. The van der Waals surface area contributed by atoms with Gasteiger partial charge in [-0.2, -0.15) is 0 Å². The topological polar surface area (TPSA) is 143 Å². The second-order valence-corrected chi connectivity index (χ2v) is 14.6. The molecule has 29 heavy (non-hydrogen) atoms. The molecule has 0 aliphatic heterocycles. The molecule has 0 aliphatic rings. The maximum atomic E-state index is 12.5. The highest BCUT2D eigenvalue weighted by atomic mass is 32.3. The summed E-state index contributed by atoms with van der Waals surface area (Å²) in [5, 5.41) is 0. The Bertz CT molecular complexity index is 1060. The van der Waals surface area contributed by atoms with Gasteiger partial charge in [-0.15, -0.1) is 0 Å². The minimum absolute atomic E-state index is 0.110. The molecular formula is C15H26N2O8S4. The fourth-order valence-corrected chi connectivity index (χ4v) is 9.92. The Balaban J connectivity index is 4.04. The molecule has 0 amide bonds. The van der Waals surface area contributed by atoms with Gasteiger partial charge in [0.2, 0.25) is 40.1 Å². The average Bonchev–Trinajstić information content (AvgIpc) is 2.47. The normalized spacial score (nSPS) is 16.1. The van der Waals surface area contributed by atoms with Gasteiger partial charge in [-0.05, 0) is 12.0 Å². The Morgan fingerprint density at radius 3 is 1.38 bits per heavy atom. The molecular weight excluding hydrogens is 464 g/mol. The van der Waals surface area contributed by atoms with Gasteiger partial charge in [-0.25, -0.2) is 33.7 Å². The van der Waals surface area contributed by atoms with Crippen molar-refractivity contribution in [1.29, 1.82) is 0 Å². The molecule has 0 fully saturated rings. The van der Waals surface area contributed by atoms with E-state index in [0.717, 1.165) is 0 Å². The van der Waals surface area contributed by atoms with E-state index in [4.69, 9.17) is 0 Å². The third kappa shape index (κ3) is 6.72. The molecule has 2 atom stereocenters. The van der Waals surface area contributed by atoms with Gasteiger partial charge in [0, 0.05) is 0 Å². The highest BCUT2D eigenvalue weighted by Crippen LogP contribution is 2.36. The molecule has 0 unspecified atom stereocenters. The van der Waals surface area contributed by atoms with E-state index in [1.54, 1.807) is 13.0 Å². The Kier molecular flexibility index (Phi) is 8.04. The van der Waals surface area contributed by atoms with Gasteiger partial charge in [0.15, 0.2) is 0 Å². The second kappa shape index (κ2) is 8.98. The third-order valence-electron chi connectivity index (χ3n) is 3.90. The van der Waals surface area contributed by atoms with Crippen LogP contribution >= 0.6 is 0 Å². The largest absolute Gasteiger partial charge is 0.224 e. The summed E-state index contributed by atoms with van der Waals surface area (Å²) >= 11 is 0. The third-order valence-corrected chi connectivity index (χ3v) is 10.8. The van der Waals surface area contributed by atoms with Gasteiger partial charge in [0.05, 0.1) is 37.1 Å². The van der Waals surface area contributed by atoms with Crippen molar-refractivity contribution in [2.45, 2.75) is 31.8 Å². The highest BCUT2D eigenvalue weighted by Gasteiger charge is 2.47. The highest BCUT2D eigenvalue weighted by molar-refractivity contribution is 8.04. The molecule has 0 spiro atoms. The Morgan fingerprint density at radius 1 is 0.690 bits per heavy atom. The van der Waals surface area contributed by atoms with Crippen LogP contribution in [0.3, 0.4) is 0 Å². The Morgan fingerprint density at radius 2 is 1.07 bits per heavy atom. The van der Waals surface area contributed by atoms with E-state index >= 15 is 0 Å². The van der Waals surface area contributed by atoms with E-state index in [1.807, 2.05) is 0 Å². The first-order chi connectivity index (χ1) is 12.9. The van der Waals surface area contributed by atoms with E-state index in [-0.39, 0.29) is 25.8 Å². The predicted octanol–water partition coefficient (Wildman–Crippen LogP) is 0.339.